The fourth-order valence-corrected chi connectivity index (χ4v) is 1.46. The number of rotatable bonds is 4. The van der Waals surface area contributed by atoms with Crippen LogP contribution >= 0.6 is 11.8 Å². The number of carbonyl (C=O) groups is 1. The van der Waals surface area contributed by atoms with Gasteiger partial charge >= 0.3 is 0 Å². The molecule has 0 heterocycles. The minimum absolute atomic E-state index is 0.165. The molecule has 0 saturated heterocycles. The maximum Gasteiger partial charge on any atom is 0.263 e. The van der Waals surface area contributed by atoms with Crippen molar-refractivity contribution in [3.8, 4) is 5.40 Å². The summed E-state index contributed by atoms with van der Waals surface area (Å²) in [5.74, 6) is -0.165. The molecular formula is C9H15N3OS. The maximum atomic E-state index is 11.8. The average molecular weight is 213 g/mol. The molecule has 0 rings (SSSR count). The third-order valence-electron chi connectivity index (χ3n) is 1.75. The van der Waals surface area contributed by atoms with Crippen LogP contribution in [0.25, 0.3) is 0 Å². The Kier molecular flexibility index (Phi) is 5.81. The zero-order chi connectivity index (χ0) is 11.1. The lowest BCUT2D eigenvalue weighted by Gasteiger charge is -2.19. The average Bonchev–Trinajstić information content (AvgIpc) is 2.15. The lowest BCUT2D eigenvalue weighted by atomic mass is 10.3. The zero-order valence-electron chi connectivity index (χ0n) is 8.70. The molecule has 0 bridgehead atoms. The van der Waals surface area contributed by atoms with Crippen LogP contribution in [0.5, 0.6) is 0 Å². The molecule has 5 heteroatoms. The van der Waals surface area contributed by atoms with Gasteiger partial charge in [-0.3, -0.25) is 4.79 Å². The molecule has 0 radical (unpaired) electrons. The van der Waals surface area contributed by atoms with E-state index in [1.165, 1.54) is 0 Å². The lowest BCUT2D eigenvalue weighted by molar-refractivity contribution is -0.126. The number of amides is 1. The van der Waals surface area contributed by atoms with Gasteiger partial charge in [-0.2, -0.15) is 5.26 Å². The second-order valence-corrected chi connectivity index (χ2v) is 3.48. The van der Waals surface area contributed by atoms with Crippen LogP contribution in [0.3, 0.4) is 0 Å². The van der Waals surface area contributed by atoms with E-state index in [0.717, 1.165) is 11.8 Å². The first-order valence-electron chi connectivity index (χ1n) is 4.39. The van der Waals surface area contributed by atoms with Gasteiger partial charge < -0.3 is 10.6 Å². The first-order valence-corrected chi connectivity index (χ1v) is 5.21. The molecule has 0 aliphatic heterocycles. The first kappa shape index (κ1) is 12.8. The van der Waals surface area contributed by atoms with Gasteiger partial charge in [0.05, 0.1) is 0 Å². The number of nitriles is 1. The molecule has 78 valence electrons. The molecule has 2 N–H and O–H groups in total. The predicted octanol–water partition coefficient (Wildman–Crippen LogP) is 1.26. The number of likely N-dealkylation sites (N-methyl/N-ethyl adjacent to an activating group) is 1. The number of allylic oxidation sites excluding steroid dienone is 1. The Morgan fingerprint density at radius 1 is 1.50 bits per heavy atom. The molecular weight excluding hydrogens is 198 g/mol. The molecule has 1 amide bonds. The van der Waals surface area contributed by atoms with E-state index in [9.17, 15) is 4.79 Å². The van der Waals surface area contributed by atoms with Crippen molar-refractivity contribution in [2.45, 2.75) is 20.8 Å². The SMILES string of the molecule is CCN(CC)C(=O)/C(SC#N)=C(/C)N. The molecule has 14 heavy (non-hydrogen) atoms. The normalized spacial score (nSPS) is 11.6. The maximum absolute atomic E-state index is 11.8. The highest BCUT2D eigenvalue weighted by Gasteiger charge is 2.17. The largest absolute Gasteiger partial charge is 0.401 e. The molecule has 0 fully saturated rings. The first-order chi connectivity index (χ1) is 6.58. The second-order valence-electron chi connectivity index (χ2n) is 2.68. The van der Waals surface area contributed by atoms with E-state index >= 15 is 0 Å². The lowest BCUT2D eigenvalue weighted by Crippen LogP contribution is -2.31. The topological polar surface area (TPSA) is 70.1 Å². The number of thiocyanates is 1. The van der Waals surface area contributed by atoms with Crippen LogP contribution in [-0.4, -0.2) is 23.9 Å². The predicted molar refractivity (Wildman–Crippen MR) is 58.0 cm³/mol. The summed E-state index contributed by atoms with van der Waals surface area (Å²) in [5, 5.41) is 10.4. The standard InChI is InChI=1S/C9H15N3OS/c1-4-12(5-2)9(13)8(7(3)11)14-6-10/h4-5,11H2,1-3H3/b8-7+. The van der Waals surface area contributed by atoms with Crippen LogP contribution in [0.2, 0.25) is 0 Å². The highest BCUT2D eigenvalue weighted by atomic mass is 32.2. The molecule has 0 aromatic heterocycles. The van der Waals surface area contributed by atoms with Crippen molar-refractivity contribution in [2.75, 3.05) is 13.1 Å². The fraction of sp³-hybridized carbons (Fsp3) is 0.556. The summed E-state index contributed by atoms with van der Waals surface area (Å²) in [6, 6.07) is 0. The van der Waals surface area contributed by atoms with E-state index in [0.29, 0.717) is 23.7 Å². The molecule has 0 saturated carbocycles. The van der Waals surface area contributed by atoms with Gasteiger partial charge in [0.15, 0.2) is 0 Å². The summed E-state index contributed by atoms with van der Waals surface area (Å²) in [5.41, 5.74) is 5.93. The number of nitrogens with zero attached hydrogens (tertiary/aromatic N) is 2. The Labute approximate surface area is 88.7 Å². The monoisotopic (exact) mass is 213 g/mol. The third-order valence-corrected chi connectivity index (χ3v) is 2.54. The molecule has 4 nitrogen and oxygen atoms in total. The quantitative estimate of drug-likeness (QED) is 0.564. The Morgan fingerprint density at radius 3 is 2.29 bits per heavy atom. The summed E-state index contributed by atoms with van der Waals surface area (Å²) < 4.78 is 0. The van der Waals surface area contributed by atoms with E-state index in [-0.39, 0.29) is 5.91 Å². The number of hydrogen-bond acceptors (Lipinski definition) is 4. The Morgan fingerprint density at radius 2 is 2.00 bits per heavy atom. The summed E-state index contributed by atoms with van der Waals surface area (Å²) in [6.07, 6.45) is 0. The van der Waals surface area contributed by atoms with E-state index in [1.54, 1.807) is 11.8 Å². The molecule has 0 aliphatic carbocycles. The van der Waals surface area contributed by atoms with E-state index in [4.69, 9.17) is 11.0 Å². The van der Waals surface area contributed by atoms with Crippen LogP contribution in [0.4, 0.5) is 0 Å². The van der Waals surface area contributed by atoms with Crippen molar-refractivity contribution in [1.29, 1.82) is 5.26 Å². The fourth-order valence-electron chi connectivity index (χ4n) is 0.993. The summed E-state index contributed by atoms with van der Waals surface area (Å²) in [4.78, 5) is 13.7. The molecule has 0 aromatic carbocycles. The van der Waals surface area contributed by atoms with E-state index in [1.807, 2.05) is 19.2 Å². The Hall–Kier alpha value is -1.15. The van der Waals surface area contributed by atoms with Crippen molar-refractivity contribution in [1.82, 2.24) is 4.90 Å². The van der Waals surface area contributed by atoms with Crippen LogP contribution in [0, 0.1) is 10.7 Å². The van der Waals surface area contributed by atoms with Crippen molar-refractivity contribution in [3.05, 3.63) is 10.6 Å². The number of hydrogen-bond donors (Lipinski definition) is 1. The zero-order valence-corrected chi connectivity index (χ0v) is 9.52. The molecule has 0 spiro atoms. The third kappa shape index (κ3) is 3.30. The summed E-state index contributed by atoms with van der Waals surface area (Å²) >= 11 is 0.821. The Bertz CT molecular complexity index is 272. The summed E-state index contributed by atoms with van der Waals surface area (Å²) in [6.45, 7) is 6.65. The summed E-state index contributed by atoms with van der Waals surface area (Å²) in [7, 11) is 0. The van der Waals surface area contributed by atoms with Gasteiger partial charge in [0.1, 0.15) is 10.3 Å². The van der Waals surface area contributed by atoms with Crippen LogP contribution in [0.15, 0.2) is 10.6 Å². The highest BCUT2D eigenvalue weighted by Crippen LogP contribution is 2.18. The van der Waals surface area contributed by atoms with Gasteiger partial charge in [0.25, 0.3) is 5.91 Å². The van der Waals surface area contributed by atoms with Gasteiger partial charge in [-0.05, 0) is 32.5 Å². The molecule has 0 aromatic rings. The van der Waals surface area contributed by atoms with E-state index in [2.05, 4.69) is 0 Å². The number of nitrogens with two attached hydrogens (primary N) is 1. The van der Waals surface area contributed by atoms with Gasteiger partial charge in [0, 0.05) is 18.8 Å². The van der Waals surface area contributed by atoms with Crippen molar-refractivity contribution < 1.29 is 4.79 Å². The van der Waals surface area contributed by atoms with Crippen LogP contribution in [0.1, 0.15) is 20.8 Å². The minimum atomic E-state index is -0.165. The van der Waals surface area contributed by atoms with Gasteiger partial charge in [-0.25, -0.2) is 0 Å². The van der Waals surface area contributed by atoms with Crippen LogP contribution in [-0.2, 0) is 4.79 Å². The second kappa shape index (κ2) is 6.33. The van der Waals surface area contributed by atoms with Gasteiger partial charge in [-0.1, -0.05) is 0 Å². The minimum Gasteiger partial charge on any atom is -0.401 e. The van der Waals surface area contributed by atoms with Crippen molar-refractivity contribution >= 4 is 17.7 Å². The molecule has 0 atom stereocenters. The van der Waals surface area contributed by atoms with Gasteiger partial charge in [-0.15, -0.1) is 0 Å². The number of carbonyl (C=O) groups excluding carboxylic acids is 1. The van der Waals surface area contributed by atoms with E-state index < -0.39 is 0 Å². The highest BCUT2D eigenvalue weighted by molar-refractivity contribution is 8.08. The van der Waals surface area contributed by atoms with Crippen molar-refractivity contribution in [3.63, 3.8) is 0 Å². The smallest absolute Gasteiger partial charge is 0.263 e. The van der Waals surface area contributed by atoms with Crippen LogP contribution < -0.4 is 5.73 Å². The Balaban J connectivity index is 4.79. The van der Waals surface area contributed by atoms with Crippen molar-refractivity contribution in [2.24, 2.45) is 5.73 Å². The molecule has 0 aliphatic rings. The number of thioether (sulfide) groups is 1. The molecule has 0 unspecified atom stereocenters. The van der Waals surface area contributed by atoms with Gasteiger partial charge in [0.2, 0.25) is 0 Å².